The Labute approximate surface area is 167 Å². The Kier molecular flexibility index (Phi) is 5.00. The number of amides is 1. The van der Waals surface area contributed by atoms with Crippen molar-refractivity contribution in [2.75, 3.05) is 12.4 Å². The summed E-state index contributed by atoms with van der Waals surface area (Å²) in [5.41, 5.74) is 4.28. The molecule has 4 aromatic rings. The fourth-order valence-corrected chi connectivity index (χ4v) is 3.09. The standard InChI is InChI=1S/C22H18ClN3O2/c1-28-18-9-2-14(3-10-18)12-21(27)24-17-8-11-19-20(13-17)26-22(25-19)15-4-6-16(23)7-5-15/h2-11,13H,12H2,1H3,(H,24,27)(H,25,26). The quantitative estimate of drug-likeness (QED) is 0.499. The summed E-state index contributed by atoms with van der Waals surface area (Å²) in [5, 5.41) is 3.61. The third-order valence-electron chi connectivity index (χ3n) is 4.41. The summed E-state index contributed by atoms with van der Waals surface area (Å²) in [6, 6.07) is 20.6. The number of hydrogen-bond acceptors (Lipinski definition) is 3. The van der Waals surface area contributed by atoms with E-state index >= 15 is 0 Å². The summed E-state index contributed by atoms with van der Waals surface area (Å²) in [5.74, 6) is 1.45. The number of carbonyl (C=O) groups excluding carboxylic acids is 1. The molecule has 5 nitrogen and oxygen atoms in total. The van der Waals surface area contributed by atoms with E-state index in [1.807, 2.05) is 66.7 Å². The molecule has 6 heteroatoms. The van der Waals surface area contributed by atoms with E-state index in [9.17, 15) is 4.79 Å². The molecule has 0 saturated heterocycles. The summed E-state index contributed by atoms with van der Waals surface area (Å²) >= 11 is 5.94. The van der Waals surface area contributed by atoms with Gasteiger partial charge in [-0.25, -0.2) is 4.98 Å². The number of ether oxygens (including phenoxy) is 1. The van der Waals surface area contributed by atoms with E-state index in [0.29, 0.717) is 11.4 Å². The van der Waals surface area contributed by atoms with Crippen molar-refractivity contribution in [2.45, 2.75) is 6.42 Å². The molecule has 0 bridgehead atoms. The van der Waals surface area contributed by atoms with E-state index in [1.54, 1.807) is 7.11 Å². The smallest absolute Gasteiger partial charge is 0.228 e. The lowest BCUT2D eigenvalue weighted by atomic mass is 10.1. The lowest BCUT2D eigenvalue weighted by Gasteiger charge is -2.06. The molecule has 0 fully saturated rings. The number of benzene rings is 3. The minimum Gasteiger partial charge on any atom is -0.497 e. The third-order valence-corrected chi connectivity index (χ3v) is 4.66. The van der Waals surface area contributed by atoms with E-state index in [2.05, 4.69) is 15.3 Å². The highest BCUT2D eigenvalue weighted by atomic mass is 35.5. The van der Waals surface area contributed by atoms with E-state index < -0.39 is 0 Å². The van der Waals surface area contributed by atoms with Gasteiger partial charge in [0.15, 0.2) is 0 Å². The van der Waals surface area contributed by atoms with E-state index in [0.717, 1.165) is 39.4 Å². The normalized spacial score (nSPS) is 10.8. The zero-order valence-electron chi connectivity index (χ0n) is 15.2. The van der Waals surface area contributed by atoms with Gasteiger partial charge >= 0.3 is 0 Å². The number of nitrogens with zero attached hydrogens (tertiary/aromatic N) is 1. The number of fused-ring (bicyclic) bond motifs is 1. The number of hydrogen-bond donors (Lipinski definition) is 2. The summed E-state index contributed by atoms with van der Waals surface area (Å²) in [7, 11) is 1.62. The topological polar surface area (TPSA) is 67.0 Å². The molecule has 1 aromatic heterocycles. The first-order valence-electron chi connectivity index (χ1n) is 8.79. The molecule has 0 aliphatic carbocycles. The van der Waals surface area contributed by atoms with Gasteiger partial charge in [0.25, 0.3) is 0 Å². The largest absolute Gasteiger partial charge is 0.497 e. The Hall–Kier alpha value is -3.31. The van der Waals surface area contributed by atoms with Crippen molar-refractivity contribution >= 4 is 34.2 Å². The van der Waals surface area contributed by atoms with Gasteiger partial charge in [-0.05, 0) is 60.2 Å². The van der Waals surface area contributed by atoms with Crippen molar-refractivity contribution in [3.8, 4) is 17.1 Å². The van der Waals surface area contributed by atoms with Crippen LogP contribution in [0.15, 0.2) is 66.7 Å². The Morgan fingerprint density at radius 3 is 2.54 bits per heavy atom. The summed E-state index contributed by atoms with van der Waals surface area (Å²) in [4.78, 5) is 20.2. The number of carbonyl (C=O) groups is 1. The van der Waals surface area contributed by atoms with Crippen LogP contribution in [0, 0.1) is 0 Å². The third kappa shape index (κ3) is 4.00. The molecule has 0 unspecified atom stereocenters. The molecule has 140 valence electrons. The van der Waals surface area contributed by atoms with Crippen LogP contribution in [0.5, 0.6) is 5.75 Å². The van der Waals surface area contributed by atoms with Crippen molar-refractivity contribution in [3.63, 3.8) is 0 Å². The van der Waals surface area contributed by atoms with Crippen LogP contribution in [0.2, 0.25) is 5.02 Å². The zero-order valence-corrected chi connectivity index (χ0v) is 16.0. The Balaban J connectivity index is 1.49. The molecular formula is C22H18ClN3O2. The van der Waals surface area contributed by atoms with Crippen LogP contribution in [0.4, 0.5) is 5.69 Å². The molecule has 1 amide bonds. The Morgan fingerprint density at radius 1 is 1.07 bits per heavy atom. The molecule has 0 saturated carbocycles. The first kappa shape index (κ1) is 18.1. The molecule has 2 N–H and O–H groups in total. The number of nitrogens with one attached hydrogen (secondary N) is 2. The zero-order chi connectivity index (χ0) is 19.5. The van der Waals surface area contributed by atoms with Crippen LogP contribution in [-0.4, -0.2) is 23.0 Å². The van der Waals surface area contributed by atoms with Crippen LogP contribution in [0.25, 0.3) is 22.4 Å². The number of aromatic amines is 1. The second-order valence-electron chi connectivity index (χ2n) is 6.40. The lowest BCUT2D eigenvalue weighted by Crippen LogP contribution is -2.14. The highest BCUT2D eigenvalue weighted by Crippen LogP contribution is 2.24. The molecule has 0 aliphatic heterocycles. The number of anilines is 1. The molecular weight excluding hydrogens is 374 g/mol. The van der Waals surface area contributed by atoms with Crippen molar-refractivity contribution in [1.82, 2.24) is 9.97 Å². The predicted octanol–water partition coefficient (Wildman–Crippen LogP) is 5.07. The van der Waals surface area contributed by atoms with Gasteiger partial charge in [0.05, 0.1) is 24.6 Å². The second-order valence-corrected chi connectivity index (χ2v) is 6.83. The number of halogens is 1. The van der Waals surface area contributed by atoms with Crippen molar-refractivity contribution in [2.24, 2.45) is 0 Å². The molecule has 28 heavy (non-hydrogen) atoms. The molecule has 0 spiro atoms. The van der Waals surface area contributed by atoms with E-state index in [4.69, 9.17) is 16.3 Å². The van der Waals surface area contributed by atoms with Crippen molar-refractivity contribution < 1.29 is 9.53 Å². The van der Waals surface area contributed by atoms with Crippen LogP contribution < -0.4 is 10.1 Å². The first-order valence-corrected chi connectivity index (χ1v) is 9.17. The number of methoxy groups -OCH3 is 1. The molecule has 1 heterocycles. The van der Waals surface area contributed by atoms with Gasteiger partial charge < -0.3 is 15.0 Å². The Bertz CT molecular complexity index is 1120. The maximum atomic E-state index is 12.4. The fraction of sp³-hybridized carbons (Fsp3) is 0.0909. The molecule has 4 rings (SSSR count). The molecule has 0 atom stereocenters. The van der Waals surface area contributed by atoms with Crippen LogP contribution in [0.1, 0.15) is 5.56 Å². The van der Waals surface area contributed by atoms with Gasteiger partial charge in [0.1, 0.15) is 11.6 Å². The molecule has 0 radical (unpaired) electrons. The SMILES string of the molecule is COc1ccc(CC(=O)Nc2ccc3nc(-c4ccc(Cl)cc4)[nH]c3c2)cc1. The highest BCUT2D eigenvalue weighted by Gasteiger charge is 2.09. The lowest BCUT2D eigenvalue weighted by molar-refractivity contribution is -0.115. The van der Waals surface area contributed by atoms with Gasteiger partial charge in [0.2, 0.25) is 5.91 Å². The maximum Gasteiger partial charge on any atom is 0.228 e. The minimum absolute atomic E-state index is 0.0815. The van der Waals surface area contributed by atoms with Gasteiger partial charge in [-0.3, -0.25) is 4.79 Å². The van der Waals surface area contributed by atoms with Crippen LogP contribution in [0.3, 0.4) is 0 Å². The minimum atomic E-state index is -0.0815. The Morgan fingerprint density at radius 2 is 1.82 bits per heavy atom. The highest BCUT2D eigenvalue weighted by molar-refractivity contribution is 6.30. The first-order chi connectivity index (χ1) is 13.6. The van der Waals surface area contributed by atoms with Gasteiger partial charge in [-0.15, -0.1) is 0 Å². The number of H-pyrrole nitrogens is 1. The summed E-state index contributed by atoms with van der Waals surface area (Å²) in [6.07, 6.45) is 0.293. The number of aromatic nitrogens is 2. The van der Waals surface area contributed by atoms with Gasteiger partial charge in [-0.1, -0.05) is 23.7 Å². The average molecular weight is 392 g/mol. The average Bonchev–Trinajstić information content (AvgIpc) is 3.12. The molecule has 3 aromatic carbocycles. The monoisotopic (exact) mass is 391 g/mol. The van der Waals surface area contributed by atoms with Crippen molar-refractivity contribution in [3.05, 3.63) is 77.3 Å². The summed E-state index contributed by atoms with van der Waals surface area (Å²) < 4.78 is 5.13. The maximum absolute atomic E-state index is 12.4. The van der Waals surface area contributed by atoms with Gasteiger partial charge in [-0.2, -0.15) is 0 Å². The van der Waals surface area contributed by atoms with Crippen molar-refractivity contribution in [1.29, 1.82) is 0 Å². The van der Waals surface area contributed by atoms with Crippen LogP contribution in [-0.2, 0) is 11.2 Å². The fourth-order valence-electron chi connectivity index (χ4n) is 2.97. The summed E-state index contributed by atoms with van der Waals surface area (Å²) in [6.45, 7) is 0. The number of imidazole rings is 1. The van der Waals surface area contributed by atoms with E-state index in [-0.39, 0.29) is 5.91 Å². The van der Waals surface area contributed by atoms with E-state index in [1.165, 1.54) is 0 Å². The predicted molar refractivity (Wildman–Crippen MR) is 112 cm³/mol. The number of rotatable bonds is 5. The molecule has 0 aliphatic rings. The van der Waals surface area contributed by atoms with Gasteiger partial charge in [0, 0.05) is 16.3 Å². The second kappa shape index (κ2) is 7.74. The van der Waals surface area contributed by atoms with Crippen LogP contribution >= 0.6 is 11.6 Å².